The van der Waals surface area contributed by atoms with Crippen molar-refractivity contribution in [2.45, 2.75) is 0 Å². The number of benzene rings is 2. The van der Waals surface area contributed by atoms with Gasteiger partial charge in [-0.3, -0.25) is 0 Å². The molecule has 0 unspecified atom stereocenters. The third-order valence-corrected chi connectivity index (χ3v) is 2.63. The molecule has 5 nitrogen and oxygen atoms in total. The van der Waals surface area contributed by atoms with E-state index in [-0.39, 0.29) is 120 Å². The third-order valence-electron chi connectivity index (χ3n) is 2.63. The Bertz CT molecular complexity index is 716. The Labute approximate surface area is 218 Å². The van der Waals surface area contributed by atoms with Crippen molar-refractivity contribution in [2.75, 3.05) is 0 Å². The number of hydrogen-bond donors (Lipinski definition) is 0. The summed E-state index contributed by atoms with van der Waals surface area (Å²) in [5.74, 6) is -0.150. The van der Waals surface area contributed by atoms with E-state index in [1.54, 1.807) is 24.3 Å². The van der Waals surface area contributed by atoms with Gasteiger partial charge in [-0.05, 0) is 42.5 Å². The average molecular weight is 358 g/mol. The zero-order valence-corrected chi connectivity index (χ0v) is 18.9. The minimum atomic E-state index is -1.51. The number of carboxylic acid groups (broad SMARTS) is 2. The first-order chi connectivity index (χ1) is 9.99. The van der Waals surface area contributed by atoms with Gasteiger partial charge >= 0.3 is 103 Å². The summed E-state index contributed by atoms with van der Waals surface area (Å²) < 4.78 is 5.41. The normalized spacial score (nSPS) is 8.83. The van der Waals surface area contributed by atoms with Gasteiger partial charge in [0.2, 0.25) is 0 Å². The molecular formula is C16H8K2O5. The first-order valence-corrected chi connectivity index (χ1v) is 5.82. The van der Waals surface area contributed by atoms with Crippen LogP contribution in [0.2, 0.25) is 0 Å². The average Bonchev–Trinajstić information content (AvgIpc) is 2.47. The van der Waals surface area contributed by atoms with Crippen LogP contribution in [-0.2, 0) is 0 Å². The van der Waals surface area contributed by atoms with Crippen LogP contribution in [0.5, 0.6) is 11.5 Å². The molecule has 2 aromatic carbocycles. The van der Waals surface area contributed by atoms with Gasteiger partial charge in [-0.2, -0.15) is 0 Å². The van der Waals surface area contributed by atoms with E-state index in [1.807, 2.05) is 0 Å². The van der Waals surface area contributed by atoms with E-state index in [0.29, 0.717) is 11.3 Å². The molecule has 23 heavy (non-hydrogen) atoms. The molecule has 0 amide bonds. The van der Waals surface area contributed by atoms with Crippen LogP contribution in [0.3, 0.4) is 0 Å². The molecule has 2 rings (SSSR count). The van der Waals surface area contributed by atoms with Crippen molar-refractivity contribution in [2.24, 2.45) is 0 Å². The first kappa shape index (κ1) is 23.0. The second kappa shape index (κ2) is 10.8. The van der Waals surface area contributed by atoms with E-state index in [2.05, 4.69) is 5.92 Å². The van der Waals surface area contributed by atoms with Gasteiger partial charge in [-0.1, -0.05) is 5.92 Å². The predicted molar refractivity (Wildman–Crippen MR) is 69.6 cm³/mol. The van der Waals surface area contributed by atoms with Gasteiger partial charge in [0.1, 0.15) is 11.5 Å². The largest absolute Gasteiger partial charge is 1.00 e. The molecule has 2 aromatic rings. The number of rotatable bonds is 4. The van der Waals surface area contributed by atoms with Crippen LogP contribution >= 0.6 is 0 Å². The molecule has 0 radical (unpaired) electrons. The molecule has 0 fully saturated rings. The molecule has 0 aliphatic rings. The summed E-state index contributed by atoms with van der Waals surface area (Å²) in [7, 11) is 0. The van der Waals surface area contributed by atoms with Gasteiger partial charge in [0.15, 0.2) is 0 Å². The number of ether oxygens (including phenoxy) is 1. The van der Waals surface area contributed by atoms with Gasteiger partial charge in [-0.25, -0.2) is 0 Å². The maximum atomic E-state index is 10.9. The zero-order valence-electron chi connectivity index (χ0n) is 12.7. The monoisotopic (exact) mass is 358 g/mol. The van der Waals surface area contributed by atoms with Gasteiger partial charge < -0.3 is 24.5 Å². The summed E-state index contributed by atoms with van der Waals surface area (Å²) in [4.78, 5) is 21.7. The maximum absolute atomic E-state index is 10.9. The van der Waals surface area contributed by atoms with E-state index in [9.17, 15) is 19.8 Å². The molecule has 0 bridgehead atoms. The Hall–Kier alpha value is 0.0127. The van der Waals surface area contributed by atoms with E-state index < -0.39 is 11.9 Å². The van der Waals surface area contributed by atoms with E-state index >= 15 is 0 Å². The van der Waals surface area contributed by atoms with Crippen LogP contribution in [0.1, 0.15) is 26.3 Å². The molecule has 0 atom stereocenters. The van der Waals surface area contributed by atoms with Gasteiger partial charge in [-0.15, -0.1) is 6.42 Å². The van der Waals surface area contributed by atoms with Crippen LogP contribution in [-0.4, -0.2) is 11.9 Å². The Morgan fingerprint density at radius 1 is 0.870 bits per heavy atom. The minimum Gasteiger partial charge on any atom is -0.545 e. The number of carbonyl (C=O) groups excluding carboxylic acids is 2. The Morgan fingerprint density at radius 3 is 1.74 bits per heavy atom. The van der Waals surface area contributed by atoms with Crippen molar-refractivity contribution in [3.05, 3.63) is 59.2 Å². The van der Waals surface area contributed by atoms with Crippen molar-refractivity contribution in [1.82, 2.24) is 0 Å². The minimum absolute atomic E-state index is 0. The van der Waals surface area contributed by atoms with Crippen molar-refractivity contribution < 1.29 is 127 Å². The Morgan fingerprint density at radius 2 is 1.35 bits per heavy atom. The van der Waals surface area contributed by atoms with E-state index in [0.717, 1.165) is 18.2 Å². The van der Waals surface area contributed by atoms with Crippen molar-refractivity contribution in [3.63, 3.8) is 0 Å². The van der Waals surface area contributed by atoms with Crippen molar-refractivity contribution in [1.29, 1.82) is 0 Å². The smallest absolute Gasteiger partial charge is 0.545 e. The topological polar surface area (TPSA) is 89.5 Å². The molecule has 104 valence electrons. The number of hydrogen-bond acceptors (Lipinski definition) is 5. The molecule has 7 heteroatoms. The van der Waals surface area contributed by atoms with Crippen LogP contribution < -0.4 is 118 Å². The number of carbonyl (C=O) groups is 2. The van der Waals surface area contributed by atoms with Gasteiger partial charge in [0, 0.05) is 16.7 Å². The molecule has 0 N–H and O–H groups in total. The predicted octanol–water partition coefficient (Wildman–Crippen LogP) is -5.80. The standard InChI is InChI=1S/C16H10O5.2K/c1-2-10-3-5-13(6-4-10)21-14-8-11(15(17)18)7-12(9-14)16(19)20;;/h1,3-9H,(H,17,18)(H,19,20);;/q;2*+1/p-2. The summed E-state index contributed by atoms with van der Waals surface area (Å²) in [5.41, 5.74) is 0.0279. The molecule has 0 aromatic heterocycles. The number of aromatic carboxylic acids is 2. The summed E-state index contributed by atoms with van der Waals surface area (Å²) in [5, 5.41) is 21.7. The Kier molecular flexibility index (Phi) is 10.8. The summed E-state index contributed by atoms with van der Waals surface area (Å²) in [6.07, 6.45) is 5.22. The van der Waals surface area contributed by atoms with Crippen molar-refractivity contribution in [3.8, 4) is 23.8 Å². The summed E-state index contributed by atoms with van der Waals surface area (Å²) in [6.45, 7) is 0. The van der Waals surface area contributed by atoms with Gasteiger partial charge in [0.05, 0.1) is 11.9 Å². The molecule has 0 spiro atoms. The first-order valence-electron chi connectivity index (χ1n) is 5.82. The van der Waals surface area contributed by atoms with Crippen LogP contribution in [0.4, 0.5) is 0 Å². The molecule has 0 aliphatic carbocycles. The van der Waals surface area contributed by atoms with Crippen molar-refractivity contribution >= 4 is 11.9 Å². The second-order valence-electron chi connectivity index (χ2n) is 4.09. The quantitative estimate of drug-likeness (QED) is 0.401. The fraction of sp³-hybridized carbons (Fsp3) is 0. The fourth-order valence-corrected chi connectivity index (χ4v) is 1.65. The molecule has 0 saturated heterocycles. The van der Waals surface area contributed by atoms with E-state index in [4.69, 9.17) is 11.2 Å². The van der Waals surface area contributed by atoms with Gasteiger partial charge in [0.25, 0.3) is 0 Å². The maximum Gasteiger partial charge on any atom is 1.00 e. The Balaban J connectivity index is 0.00000242. The summed E-state index contributed by atoms with van der Waals surface area (Å²) >= 11 is 0. The zero-order chi connectivity index (χ0) is 15.4. The van der Waals surface area contributed by atoms with E-state index in [1.165, 1.54) is 0 Å². The SMILES string of the molecule is C#Cc1ccc(Oc2cc(C(=O)[O-])cc(C(=O)[O-])c2)cc1.[K+].[K+]. The fourth-order valence-electron chi connectivity index (χ4n) is 1.65. The number of terminal acetylenes is 1. The molecular weight excluding hydrogens is 350 g/mol. The van der Waals surface area contributed by atoms with Crippen LogP contribution in [0.15, 0.2) is 42.5 Å². The summed E-state index contributed by atoms with van der Waals surface area (Å²) in [6, 6.07) is 9.71. The molecule has 0 saturated carbocycles. The molecule has 0 aliphatic heterocycles. The van der Waals surface area contributed by atoms with Crippen LogP contribution in [0, 0.1) is 12.3 Å². The molecule has 0 heterocycles. The van der Waals surface area contributed by atoms with Crippen LogP contribution in [0.25, 0.3) is 0 Å². The number of carboxylic acids is 2. The second-order valence-corrected chi connectivity index (χ2v) is 4.09. The third kappa shape index (κ3) is 6.80.